The van der Waals surface area contributed by atoms with Gasteiger partial charge in [-0.15, -0.1) is 0 Å². The van der Waals surface area contributed by atoms with Gasteiger partial charge in [0.2, 0.25) is 0 Å². The molecule has 2 aromatic heterocycles. The first-order chi connectivity index (χ1) is 12.9. The van der Waals surface area contributed by atoms with Crippen LogP contribution in [0.3, 0.4) is 0 Å². The fraction of sp³-hybridized carbons (Fsp3) is 0.0909. The van der Waals surface area contributed by atoms with E-state index in [1.165, 1.54) is 22.3 Å². The number of rotatable bonds is 6. The van der Waals surface area contributed by atoms with Crippen molar-refractivity contribution in [2.24, 2.45) is 0 Å². The smallest absolute Gasteiger partial charge is 0.126 e. The fourth-order valence-corrected chi connectivity index (χ4v) is 2.99. The molecule has 0 radical (unpaired) electrons. The van der Waals surface area contributed by atoms with Crippen molar-refractivity contribution in [3.63, 3.8) is 0 Å². The molecule has 4 heteroatoms. The normalized spacial score (nSPS) is 10.6. The standard InChI is InChI=1S/C22H20N4/c1-2-6-21(20(5-1)15-25-22-7-3-4-12-24-22)19-10-8-18(9-11-19)16-26-14-13-23-17-26/h1-14,17H,15-16H2,(H,24,25). The van der Waals surface area contributed by atoms with E-state index in [-0.39, 0.29) is 0 Å². The number of nitrogens with one attached hydrogen (secondary N) is 1. The lowest BCUT2D eigenvalue weighted by Gasteiger charge is -2.12. The Morgan fingerprint density at radius 1 is 0.846 bits per heavy atom. The second-order valence-corrected chi connectivity index (χ2v) is 6.16. The minimum absolute atomic E-state index is 0.740. The van der Waals surface area contributed by atoms with Crippen LogP contribution < -0.4 is 5.32 Å². The van der Waals surface area contributed by atoms with E-state index < -0.39 is 0 Å². The second kappa shape index (κ2) is 7.66. The van der Waals surface area contributed by atoms with Crippen LogP contribution in [0.15, 0.2) is 91.6 Å². The van der Waals surface area contributed by atoms with E-state index in [4.69, 9.17) is 0 Å². The number of hydrogen-bond acceptors (Lipinski definition) is 3. The van der Waals surface area contributed by atoms with Crippen LogP contribution in [0.25, 0.3) is 11.1 Å². The summed E-state index contributed by atoms with van der Waals surface area (Å²) in [6.07, 6.45) is 7.42. The lowest BCUT2D eigenvalue weighted by atomic mass is 9.98. The summed E-state index contributed by atoms with van der Waals surface area (Å²) in [6.45, 7) is 1.58. The maximum absolute atomic E-state index is 4.32. The van der Waals surface area contributed by atoms with Crippen molar-refractivity contribution >= 4 is 5.82 Å². The first-order valence-electron chi connectivity index (χ1n) is 8.66. The predicted octanol–water partition coefficient (Wildman–Crippen LogP) is 4.61. The zero-order valence-corrected chi connectivity index (χ0v) is 14.4. The van der Waals surface area contributed by atoms with E-state index in [9.17, 15) is 0 Å². The highest BCUT2D eigenvalue weighted by Crippen LogP contribution is 2.25. The van der Waals surface area contributed by atoms with Gasteiger partial charge < -0.3 is 9.88 Å². The molecule has 0 bridgehead atoms. The van der Waals surface area contributed by atoms with Crippen LogP contribution in [0.2, 0.25) is 0 Å². The van der Waals surface area contributed by atoms with Crippen LogP contribution in [0.1, 0.15) is 11.1 Å². The van der Waals surface area contributed by atoms with Crippen molar-refractivity contribution in [3.05, 3.63) is 103 Å². The SMILES string of the molecule is c1ccc(NCc2ccccc2-c2ccc(Cn3ccnc3)cc2)nc1. The highest BCUT2D eigenvalue weighted by molar-refractivity contribution is 5.68. The number of imidazole rings is 1. The molecule has 2 heterocycles. The highest BCUT2D eigenvalue weighted by atomic mass is 15.0. The van der Waals surface area contributed by atoms with Gasteiger partial charge in [-0.2, -0.15) is 0 Å². The molecule has 0 aliphatic heterocycles. The average molecular weight is 340 g/mol. The molecular formula is C22H20N4. The third-order valence-electron chi connectivity index (χ3n) is 4.33. The van der Waals surface area contributed by atoms with E-state index in [2.05, 4.69) is 68.4 Å². The number of aromatic nitrogens is 3. The summed E-state index contributed by atoms with van der Waals surface area (Å²) >= 11 is 0. The quantitative estimate of drug-likeness (QED) is 0.557. The zero-order chi connectivity index (χ0) is 17.6. The van der Waals surface area contributed by atoms with E-state index in [1.54, 1.807) is 12.4 Å². The van der Waals surface area contributed by atoms with E-state index in [1.807, 2.05) is 30.7 Å². The minimum Gasteiger partial charge on any atom is -0.366 e. The summed E-state index contributed by atoms with van der Waals surface area (Å²) in [5.41, 5.74) is 4.97. The molecule has 4 rings (SSSR count). The molecule has 0 unspecified atom stereocenters. The van der Waals surface area contributed by atoms with E-state index in [0.717, 1.165) is 18.9 Å². The predicted molar refractivity (Wildman–Crippen MR) is 105 cm³/mol. The Kier molecular flexibility index (Phi) is 4.74. The first-order valence-corrected chi connectivity index (χ1v) is 8.66. The topological polar surface area (TPSA) is 42.7 Å². The van der Waals surface area contributed by atoms with Gasteiger partial charge in [0.25, 0.3) is 0 Å². The van der Waals surface area contributed by atoms with Crippen molar-refractivity contribution in [2.45, 2.75) is 13.1 Å². The van der Waals surface area contributed by atoms with E-state index in [0.29, 0.717) is 0 Å². The minimum atomic E-state index is 0.740. The van der Waals surface area contributed by atoms with Gasteiger partial charge in [-0.25, -0.2) is 9.97 Å². The number of benzene rings is 2. The van der Waals surface area contributed by atoms with Gasteiger partial charge in [0.05, 0.1) is 6.33 Å². The molecule has 0 aliphatic rings. The number of anilines is 1. The Morgan fingerprint density at radius 2 is 1.69 bits per heavy atom. The molecule has 0 saturated carbocycles. The van der Waals surface area contributed by atoms with Crippen LogP contribution in [-0.2, 0) is 13.1 Å². The molecular weight excluding hydrogens is 320 g/mol. The van der Waals surface area contributed by atoms with Crippen molar-refractivity contribution in [1.82, 2.24) is 14.5 Å². The summed E-state index contributed by atoms with van der Waals surface area (Å²) < 4.78 is 2.07. The fourth-order valence-electron chi connectivity index (χ4n) is 2.99. The summed E-state index contributed by atoms with van der Waals surface area (Å²) in [4.78, 5) is 8.42. The van der Waals surface area contributed by atoms with Gasteiger partial charge in [-0.05, 0) is 34.4 Å². The third-order valence-corrected chi connectivity index (χ3v) is 4.33. The van der Waals surface area contributed by atoms with Gasteiger partial charge in [0, 0.05) is 31.7 Å². The maximum atomic E-state index is 4.32. The molecule has 0 atom stereocenters. The average Bonchev–Trinajstić information content (AvgIpc) is 3.21. The van der Waals surface area contributed by atoms with Gasteiger partial charge >= 0.3 is 0 Å². The molecule has 4 aromatic rings. The molecule has 1 N–H and O–H groups in total. The van der Waals surface area contributed by atoms with Crippen LogP contribution in [0.5, 0.6) is 0 Å². The van der Waals surface area contributed by atoms with Crippen molar-refractivity contribution < 1.29 is 0 Å². The monoisotopic (exact) mass is 340 g/mol. The Balaban J connectivity index is 1.52. The van der Waals surface area contributed by atoms with Crippen molar-refractivity contribution in [3.8, 4) is 11.1 Å². The van der Waals surface area contributed by atoms with Crippen molar-refractivity contribution in [1.29, 1.82) is 0 Å². The van der Waals surface area contributed by atoms with Crippen LogP contribution in [-0.4, -0.2) is 14.5 Å². The lowest BCUT2D eigenvalue weighted by Crippen LogP contribution is -2.02. The molecule has 128 valence electrons. The lowest BCUT2D eigenvalue weighted by molar-refractivity contribution is 0.797. The van der Waals surface area contributed by atoms with Gasteiger partial charge in [0.15, 0.2) is 0 Å². The first kappa shape index (κ1) is 16.1. The van der Waals surface area contributed by atoms with Crippen molar-refractivity contribution in [2.75, 3.05) is 5.32 Å². The molecule has 2 aromatic carbocycles. The molecule has 0 fully saturated rings. The summed E-state index contributed by atoms with van der Waals surface area (Å²) in [5, 5.41) is 3.39. The zero-order valence-electron chi connectivity index (χ0n) is 14.4. The van der Waals surface area contributed by atoms with E-state index >= 15 is 0 Å². The molecule has 0 spiro atoms. The number of hydrogen-bond donors (Lipinski definition) is 1. The highest BCUT2D eigenvalue weighted by Gasteiger charge is 2.05. The Bertz CT molecular complexity index is 945. The number of nitrogens with zero attached hydrogens (tertiary/aromatic N) is 3. The molecule has 0 aliphatic carbocycles. The Morgan fingerprint density at radius 3 is 2.46 bits per heavy atom. The Hall–Kier alpha value is -3.40. The molecule has 0 saturated heterocycles. The second-order valence-electron chi connectivity index (χ2n) is 6.16. The van der Waals surface area contributed by atoms with Crippen LogP contribution >= 0.6 is 0 Å². The molecule has 26 heavy (non-hydrogen) atoms. The van der Waals surface area contributed by atoms with Gasteiger partial charge in [0.1, 0.15) is 5.82 Å². The molecule has 0 amide bonds. The third kappa shape index (κ3) is 3.81. The summed E-state index contributed by atoms with van der Waals surface area (Å²) in [7, 11) is 0. The maximum Gasteiger partial charge on any atom is 0.126 e. The van der Waals surface area contributed by atoms with Gasteiger partial charge in [-0.3, -0.25) is 0 Å². The largest absolute Gasteiger partial charge is 0.366 e. The summed E-state index contributed by atoms with van der Waals surface area (Å²) in [6, 6.07) is 23.1. The Labute approximate surface area is 153 Å². The van der Waals surface area contributed by atoms with Gasteiger partial charge in [-0.1, -0.05) is 54.6 Å². The van der Waals surface area contributed by atoms with Crippen LogP contribution in [0, 0.1) is 0 Å². The summed E-state index contributed by atoms with van der Waals surface area (Å²) in [5.74, 6) is 0.887. The molecule has 4 nitrogen and oxygen atoms in total. The number of pyridine rings is 1. The van der Waals surface area contributed by atoms with Crippen LogP contribution in [0.4, 0.5) is 5.82 Å².